The molecule has 0 atom stereocenters. The second-order valence-electron chi connectivity index (χ2n) is 11.3. The standard InChI is InChI=1S/C28H45N3O2.ClH/c1-5-24(32)21-29-16-18-31(19-17-29)27-7-6-23(30-14-10-25(33-4)11-15-30)20-26(27)22-8-12-28(2,3)13-9-22;/h6-7,20,22,25H,5,8-19,21H2,1-4H3;1H. The van der Waals surface area contributed by atoms with Crippen molar-refractivity contribution in [1.29, 1.82) is 0 Å². The number of hydrogen-bond donors (Lipinski definition) is 0. The summed E-state index contributed by atoms with van der Waals surface area (Å²) in [6.45, 7) is 13.6. The fourth-order valence-corrected chi connectivity index (χ4v) is 5.92. The molecular formula is C28H46ClN3O2. The van der Waals surface area contributed by atoms with Crippen LogP contribution in [-0.4, -0.2) is 69.7 Å². The molecule has 0 bridgehead atoms. The topological polar surface area (TPSA) is 36.0 Å². The lowest BCUT2D eigenvalue weighted by Crippen LogP contribution is -2.48. The lowest BCUT2D eigenvalue weighted by molar-refractivity contribution is -0.119. The molecule has 0 spiro atoms. The maximum Gasteiger partial charge on any atom is 0.146 e. The first kappa shape index (κ1) is 27.3. The van der Waals surface area contributed by atoms with Crippen LogP contribution in [0.3, 0.4) is 0 Å². The van der Waals surface area contributed by atoms with E-state index in [4.69, 9.17) is 4.74 Å². The molecule has 34 heavy (non-hydrogen) atoms. The molecule has 6 heteroatoms. The van der Waals surface area contributed by atoms with E-state index in [-0.39, 0.29) is 12.4 Å². The molecule has 2 saturated heterocycles. The summed E-state index contributed by atoms with van der Waals surface area (Å²) in [5, 5.41) is 0. The number of hydrogen-bond acceptors (Lipinski definition) is 5. The molecule has 4 rings (SSSR count). The van der Waals surface area contributed by atoms with Gasteiger partial charge in [0.2, 0.25) is 0 Å². The number of rotatable bonds is 7. The normalized spacial score (nSPS) is 22.5. The number of carbonyl (C=O) groups excluding carboxylic acids is 1. The summed E-state index contributed by atoms with van der Waals surface area (Å²) in [5.74, 6) is 1.01. The van der Waals surface area contributed by atoms with E-state index >= 15 is 0 Å². The first-order valence-electron chi connectivity index (χ1n) is 13.3. The van der Waals surface area contributed by atoms with Gasteiger partial charge >= 0.3 is 0 Å². The Hall–Kier alpha value is -1.30. The second kappa shape index (κ2) is 12.1. The van der Waals surface area contributed by atoms with Gasteiger partial charge in [0.25, 0.3) is 0 Å². The summed E-state index contributed by atoms with van der Waals surface area (Å²) in [4.78, 5) is 19.4. The van der Waals surface area contributed by atoms with Crippen LogP contribution >= 0.6 is 12.4 Å². The van der Waals surface area contributed by atoms with Crippen molar-refractivity contribution in [2.24, 2.45) is 5.41 Å². The molecule has 0 aromatic heterocycles. The minimum atomic E-state index is 0. The van der Waals surface area contributed by atoms with Gasteiger partial charge in [0.15, 0.2) is 0 Å². The Morgan fingerprint density at radius 3 is 2.21 bits per heavy atom. The van der Waals surface area contributed by atoms with Gasteiger partial charge in [-0.05, 0) is 73.6 Å². The fraction of sp³-hybridized carbons (Fsp3) is 0.750. The lowest BCUT2D eigenvalue weighted by atomic mass is 9.71. The van der Waals surface area contributed by atoms with E-state index < -0.39 is 0 Å². The van der Waals surface area contributed by atoms with Gasteiger partial charge in [0.1, 0.15) is 5.78 Å². The number of carbonyl (C=O) groups is 1. The van der Waals surface area contributed by atoms with Gasteiger partial charge in [-0.1, -0.05) is 20.8 Å². The second-order valence-corrected chi connectivity index (χ2v) is 11.3. The number of anilines is 2. The molecule has 0 amide bonds. The molecular weight excluding hydrogens is 446 g/mol. The lowest BCUT2D eigenvalue weighted by Gasteiger charge is -2.40. The van der Waals surface area contributed by atoms with E-state index in [1.807, 2.05) is 14.0 Å². The molecule has 0 unspecified atom stereocenters. The number of halogens is 1. The molecule has 1 aromatic carbocycles. The molecule has 0 radical (unpaired) electrons. The average Bonchev–Trinajstić information content (AvgIpc) is 2.84. The molecule has 3 aliphatic rings. The number of Topliss-reactive ketones (excluding diaryl/α,β-unsaturated/α-hetero) is 1. The van der Waals surface area contributed by atoms with Crippen molar-refractivity contribution < 1.29 is 9.53 Å². The quantitative estimate of drug-likeness (QED) is 0.502. The van der Waals surface area contributed by atoms with E-state index in [2.05, 4.69) is 46.7 Å². The summed E-state index contributed by atoms with van der Waals surface area (Å²) in [7, 11) is 1.84. The maximum absolute atomic E-state index is 11.9. The van der Waals surface area contributed by atoms with E-state index in [9.17, 15) is 4.79 Å². The summed E-state index contributed by atoms with van der Waals surface area (Å²) in [6, 6.07) is 7.28. The highest BCUT2D eigenvalue weighted by molar-refractivity contribution is 5.85. The first-order valence-corrected chi connectivity index (χ1v) is 13.3. The third-order valence-corrected chi connectivity index (χ3v) is 8.44. The number of nitrogens with zero attached hydrogens (tertiary/aromatic N) is 3. The third-order valence-electron chi connectivity index (χ3n) is 8.44. The molecule has 1 aromatic rings. The van der Waals surface area contributed by atoms with Crippen LogP contribution in [0.1, 0.15) is 77.2 Å². The van der Waals surface area contributed by atoms with Crippen LogP contribution in [-0.2, 0) is 9.53 Å². The van der Waals surface area contributed by atoms with Crippen LogP contribution in [0.25, 0.3) is 0 Å². The monoisotopic (exact) mass is 491 g/mol. The predicted molar refractivity (Wildman–Crippen MR) is 145 cm³/mol. The van der Waals surface area contributed by atoms with Gasteiger partial charge in [-0.3, -0.25) is 9.69 Å². The van der Waals surface area contributed by atoms with Crippen molar-refractivity contribution in [3.8, 4) is 0 Å². The number of piperidine rings is 1. The minimum absolute atomic E-state index is 0. The zero-order chi connectivity index (χ0) is 23.4. The van der Waals surface area contributed by atoms with E-state index in [0.717, 1.165) is 52.1 Å². The van der Waals surface area contributed by atoms with Gasteiger partial charge in [0.05, 0.1) is 12.6 Å². The Bertz CT molecular complexity index is 789. The Morgan fingerprint density at radius 2 is 1.62 bits per heavy atom. The molecule has 1 saturated carbocycles. The van der Waals surface area contributed by atoms with Crippen molar-refractivity contribution >= 4 is 29.6 Å². The number of ketones is 1. The Labute approximate surface area is 213 Å². The third kappa shape index (κ3) is 6.67. The Balaban J connectivity index is 0.00000324. The number of ether oxygens (including phenoxy) is 1. The SMILES string of the molecule is CCC(=O)CN1CCN(c2ccc(N3CCC(OC)CC3)cc2C2CCC(C)(C)CC2)CC1.Cl. The Morgan fingerprint density at radius 1 is 0.971 bits per heavy atom. The van der Waals surface area contributed by atoms with Crippen molar-refractivity contribution in [2.75, 3.05) is 62.7 Å². The zero-order valence-corrected chi connectivity index (χ0v) is 22.7. The minimum Gasteiger partial charge on any atom is -0.381 e. The van der Waals surface area contributed by atoms with Gasteiger partial charge in [-0.2, -0.15) is 0 Å². The molecule has 192 valence electrons. The van der Waals surface area contributed by atoms with E-state index in [1.54, 1.807) is 5.56 Å². The van der Waals surface area contributed by atoms with Crippen molar-refractivity contribution in [3.63, 3.8) is 0 Å². The van der Waals surface area contributed by atoms with Crippen molar-refractivity contribution in [2.45, 2.75) is 77.7 Å². The predicted octanol–water partition coefficient (Wildman–Crippen LogP) is 5.51. The fourth-order valence-electron chi connectivity index (χ4n) is 5.92. The van der Waals surface area contributed by atoms with Crippen molar-refractivity contribution in [3.05, 3.63) is 23.8 Å². The Kier molecular flexibility index (Phi) is 9.71. The van der Waals surface area contributed by atoms with Crippen LogP contribution in [0.2, 0.25) is 0 Å². The highest BCUT2D eigenvalue weighted by Gasteiger charge is 2.31. The number of methoxy groups -OCH3 is 1. The van der Waals surface area contributed by atoms with Crippen molar-refractivity contribution in [1.82, 2.24) is 4.90 Å². The molecule has 0 N–H and O–H groups in total. The van der Waals surface area contributed by atoms with Gasteiger partial charge in [-0.15, -0.1) is 12.4 Å². The summed E-state index contributed by atoms with van der Waals surface area (Å²) in [5.41, 5.74) is 4.88. The van der Waals surface area contributed by atoms with Gasteiger partial charge in [0, 0.05) is 64.2 Å². The first-order chi connectivity index (χ1) is 15.9. The zero-order valence-electron chi connectivity index (χ0n) is 21.9. The van der Waals surface area contributed by atoms with Crippen LogP contribution in [0, 0.1) is 5.41 Å². The maximum atomic E-state index is 11.9. The largest absolute Gasteiger partial charge is 0.381 e. The smallest absolute Gasteiger partial charge is 0.146 e. The van der Waals surface area contributed by atoms with Crippen LogP contribution in [0.5, 0.6) is 0 Å². The molecule has 2 aliphatic heterocycles. The molecule has 5 nitrogen and oxygen atoms in total. The van der Waals surface area contributed by atoms with E-state index in [0.29, 0.717) is 36.2 Å². The highest BCUT2D eigenvalue weighted by atomic mass is 35.5. The number of piperazine rings is 1. The molecule has 3 fully saturated rings. The van der Waals surface area contributed by atoms with Gasteiger partial charge in [-0.25, -0.2) is 0 Å². The molecule has 1 aliphatic carbocycles. The van der Waals surface area contributed by atoms with Crippen LogP contribution < -0.4 is 9.80 Å². The highest BCUT2D eigenvalue weighted by Crippen LogP contribution is 2.46. The molecule has 2 heterocycles. The summed E-state index contributed by atoms with van der Waals surface area (Å²) >= 11 is 0. The average molecular weight is 492 g/mol. The summed E-state index contributed by atoms with van der Waals surface area (Å²) < 4.78 is 5.59. The summed E-state index contributed by atoms with van der Waals surface area (Å²) in [6.07, 6.45) is 8.50. The van der Waals surface area contributed by atoms with E-state index in [1.165, 1.54) is 37.1 Å². The number of benzene rings is 1. The van der Waals surface area contributed by atoms with Crippen LogP contribution in [0.15, 0.2) is 18.2 Å². The van der Waals surface area contributed by atoms with Crippen LogP contribution in [0.4, 0.5) is 11.4 Å². The van der Waals surface area contributed by atoms with Gasteiger partial charge < -0.3 is 14.5 Å².